The van der Waals surface area contributed by atoms with Crippen LogP contribution in [0, 0.1) is 0 Å². The lowest BCUT2D eigenvalue weighted by molar-refractivity contribution is -0.142. The molecule has 164 valence electrons. The van der Waals surface area contributed by atoms with Gasteiger partial charge in [0, 0.05) is 11.6 Å². The van der Waals surface area contributed by atoms with E-state index in [1.807, 2.05) is 30.3 Å². The molecule has 0 bridgehead atoms. The van der Waals surface area contributed by atoms with Crippen LogP contribution >= 0.6 is 23.2 Å². The Hall–Kier alpha value is -3.10. The SMILES string of the molecule is CC(NC(=O)c1cc2nc(-c3ccc(Cl)c(Cl)c3)cc(C(F)(F)F)n2n1)c1ccccc1. The zero-order valence-electron chi connectivity index (χ0n) is 16.5. The first-order chi connectivity index (χ1) is 15.1. The second-order valence-electron chi connectivity index (χ2n) is 7.06. The zero-order valence-corrected chi connectivity index (χ0v) is 18.0. The summed E-state index contributed by atoms with van der Waals surface area (Å²) in [6, 6.07) is 15.3. The number of aromatic nitrogens is 3. The van der Waals surface area contributed by atoms with Crippen molar-refractivity contribution < 1.29 is 18.0 Å². The molecule has 1 N–H and O–H groups in total. The molecule has 0 aliphatic heterocycles. The second-order valence-corrected chi connectivity index (χ2v) is 7.87. The third kappa shape index (κ3) is 4.42. The second kappa shape index (κ2) is 8.44. The van der Waals surface area contributed by atoms with Crippen molar-refractivity contribution >= 4 is 34.8 Å². The van der Waals surface area contributed by atoms with Gasteiger partial charge in [-0.25, -0.2) is 9.50 Å². The van der Waals surface area contributed by atoms with E-state index in [1.165, 1.54) is 24.3 Å². The summed E-state index contributed by atoms with van der Waals surface area (Å²) in [4.78, 5) is 16.9. The first kappa shape index (κ1) is 22.1. The Morgan fingerprint density at radius 2 is 1.75 bits per heavy atom. The molecule has 0 saturated heterocycles. The molecule has 0 radical (unpaired) electrons. The summed E-state index contributed by atoms with van der Waals surface area (Å²) in [5.74, 6) is -0.615. The van der Waals surface area contributed by atoms with E-state index in [0.29, 0.717) is 10.1 Å². The van der Waals surface area contributed by atoms with Crippen LogP contribution < -0.4 is 5.32 Å². The van der Waals surface area contributed by atoms with E-state index in [-0.39, 0.29) is 33.1 Å². The number of carbonyl (C=O) groups is 1. The fourth-order valence-electron chi connectivity index (χ4n) is 3.19. The molecular weight excluding hydrogens is 464 g/mol. The average Bonchev–Trinajstić information content (AvgIpc) is 3.19. The molecule has 0 aliphatic rings. The molecule has 0 aliphatic carbocycles. The van der Waals surface area contributed by atoms with E-state index in [4.69, 9.17) is 23.2 Å². The molecule has 1 atom stereocenters. The topological polar surface area (TPSA) is 59.3 Å². The van der Waals surface area contributed by atoms with Gasteiger partial charge in [0.2, 0.25) is 0 Å². The highest BCUT2D eigenvalue weighted by atomic mass is 35.5. The standard InChI is InChI=1S/C22H15Cl2F3N4O/c1-12(13-5-3-2-4-6-13)28-21(32)18-11-20-29-17(14-7-8-15(23)16(24)9-14)10-19(22(25,26)27)31(20)30-18/h2-12H,1H3,(H,28,32). The number of nitrogens with zero attached hydrogens (tertiary/aromatic N) is 3. The monoisotopic (exact) mass is 478 g/mol. The minimum absolute atomic E-state index is 0.0212. The Balaban J connectivity index is 1.75. The van der Waals surface area contributed by atoms with E-state index in [0.717, 1.165) is 11.6 Å². The van der Waals surface area contributed by atoms with Gasteiger partial charge in [-0.1, -0.05) is 59.6 Å². The van der Waals surface area contributed by atoms with Gasteiger partial charge in [0.1, 0.15) is 0 Å². The molecule has 10 heteroatoms. The van der Waals surface area contributed by atoms with Gasteiger partial charge in [0.25, 0.3) is 5.91 Å². The molecule has 0 fully saturated rings. The van der Waals surface area contributed by atoms with Gasteiger partial charge in [-0.3, -0.25) is 4.79 Å². The van der Waals surface area contributed by atoms with Crippen LogP contribution in [-0.2, 0) is 6.18 Å². The summed E-state index contributed by atoms with van der Waals surface area (Å²) in [6.45, 7) is 1.77. The maximum absolute atomic E-state index is 13.8. The van der Waals surface area contributed by atoms with Crippen molar-refractivity contribution in [3.63, 3.8) is 0 Å². The molecule has 0 saturated carbocycles. The lowest BCUT2D eigenvalue weighted by atomic mass is 10.1. The molecule has 2 heterocycles. The maximum atomic E-state index is 13.8. The Bertz CT molecular complexity index is 1310. The Morgan fingerprint density at radius 3 is 2.41 bits per heavy atom. The van der Waals surface area contributed by atoms with Crippen LogP contribution in [0.3, 0.4) is 0 Å². The molecule has 4 rings (SSSR count). The van der Waals surface area contributed by atoms with E-state index < -0.39 is 17.8 Å². The first-order valence-corrected chi connectivity index (χ1v) is 10.2. The number of alkyl halides is 3. The average molecular weight is 479 g/mol. The summed E-state index contributed by atoms with van der Waals surface area (Å²) in [7, 11) is 0. The summed E-state index contributed by atoms with van der Waals surface area (Å²) < 4.78 is 41.9. The number of amides is 1. The van der Waals surface area contributed by atoms with E-state index in [1.54, 1.807) is 6.92 Å². The maximum Gasteiger partial charge on any atom is 0.433 e. The normalized spacial score (nSPS) is 12.7. The van der Waals surface area contributed by atoms with Crippen LogP contribution in [0.1, 0.15) is 34.7 Å². The van der Waals surface area contributed by atoms with Crippen LogP contribution in [0.5, 0.6) is 0 Å². The Kier molecular flexibility index (Phi) is 5.83. The largest absolute Gasteiger partial charge is 0.433 e. The molecular formula is C22H15Cl2F3N4O. The highest BCUT2D eigenvalue weighted by Gasteiger charge is 2.35. The Morgan fingerprint density at radius 1 is 1.03 bits per heavy atom. The molecule has 1 unspecified atom stereocenters. The van der Waals surface area contributed by atoms with Crippen LogP contribution in [0.15, 0.2) is 60.7 Å². The van der Waals surface area contributed by atoms with Crippen molar-refractivity contribution in [2.45, 2.75) is 19.1 Å². The van der Waals surface area contributed by atoms with Crippen LogP contribution in [0.25, 0.3) is 16.9 Å². The number of nitrogens with one attached hydrogen (secondary N) is 1. The molecule has 0 spiro atoms. The van der Waals surface area contributed by atoms with Crippen LogP contribution in [0.4, 0.5) is 13.2 Å². The van der Waals surface area contributed by atoms with Gasteiger partial charge in [-0.2, -0.15) is 18.3 Å². The van der Waals surface area contributed by atoms with Gasteiger partial charge < -0.3 is 5.32 Å². The zero-order chi connectivity index (χ0) is 23.0. The van der Waals surface area contributed by atoms with Crippen molar-refractivity contribution in [3.8, 4) is 11.3 Å². The van der Waals surface area contributed by atoms with Gasteiger partial charge in [-0.05, 0) is 30.7 Å². The molecule has 4 aromatic rings. The Labute approximate surface area is 190 Å². The van der Waals surface area contributed by atoms with Crippen LogP contribution in [-0.4, -0.2) is 20.5 Å². The predicted molar refractivity (Wildman–Crippen MR) is 116 cm³/mol. The number of benzene rings is 2. The lowest BCUT2D eigenvalue weighted by Crippen LogP contribution is -2.27. The third-order valence-corrected chi connectivity index (χ3v) is 5.55. The number of carbonyl (C=O) groups excluding carboxylic acids is 1. The summed E-state index contributed by atoms with van der Waals surface area (Å²) in [5, 5.41) is 7.05. The molecule has 1 amide bonds. The summed E-state index contributed by atoms with van der Waals surface area (Å²) in [5.41, 5.74) is -0.167. The van der Waals surface area contributed by atoms with Gasteiger partial charge in [-0.15, -0.1) is 0 Å². The number of rotatable bonds is 4. The number of hydrogen-bond acceptors (Lipinski definition) is 3. The van der Waals surface area contributed by atoms with Crippen molar-refractivity contribution in [1.29, 1.82) is 0 Å². The number of halogens is 5. The summed E-state index contributed by atoms with van der Waals surface area (Å²) >= 11 is 11.9. The van der Waals surface area contributed by atoms with E-state index in [2.05, 4.69) is 15.4 Å². The van der Waals surface area contributed by atoms with E-state index >= 15 is 0 Å². The van der Waals surface area contributed by atoms with Crippen molar-refractivity contribution in [2.75, 3.05) is 0 Å². The minimum atomic E-state index is -4.73. The van der Waals surface area contributed by atoms with Gasteiger partial charge in [0.15, 0.2) is 17.0 Å². The van der Waals surface area contributed by atoms with Gasteiger partial charge >= 0.3 is 6.18 Å². The fraction of sp³-hybridized carbons (Fsp3) is 0.136. The number of fused-ring (bicyclic) bond motifs is 1. The van der Waals surface area contributed by atoms with Crippen molar-refractivity contribution in [3.05, 3.63) is 87.7 Å². The van der Waals surface area contributed by atoms with E-state index in [9.17, 15) is 18.0 Å². The molecule has 5 nitrogen and oxygen atoms in total. The van der Waals surface area contributed by atoms with Crippen LogP contribution in [0.2, 0.25) is 10.0 Å². The molecule has 2 aromatic carbocycles. The van der Waals surface area contributed by atoms with Crippen molar-refractivity contribution in [1.82, 2.24) is 19.9 Å². The third-order valence-electron chi connectivity index (χ3n) is 4.81. The number of hydrogen-bond donors (Lipinski definition) is 1. The minimum Gasteiger partial charge on any atom is -0.344 e. The smallest absolute Gasteiger partial charge is 0.344 e. The first-order valence-electron chi connectivity index (χ1n) is 9.43. The molecule has 32 heavy (non-hydrogen) atoms. The predicted octanol–water partition coefficient (Wildman–Crippen LogP) is 6.21. The fourth-order valence-corrected chi connectivity index (χ4v) is 3.48. The highest BCUT2D eigenvalue weighted by Crippen LogP contribution is 2.34. The van der Waals surface area contributed by atoms with Crippen molar-refractivity contribution in [2.24, 2.45) is 0 Å². The lowest BCUT2D eigenvalue weighted by Gasteiger charge is -2.13. The molecule has 2 aromatic heterocycles. The van der Waals surface area contributed by atoms with Gasteiger partial charge in [0.05, 0.1) is 21.8 Å². The quantitative estimate of drug-likeness (QED) is 0.379. The highest BCUT2D eigenvalue weighted by molar-refractivity contribution is 6.42. The summed E-state index contributed by atoms with van der Waals surface area (Å²) in [6.07, 6.45) is -4.73.